The minimum absolute atomic E-state index is 0.150. The summed E-state index contributed by atoms with van der Waals surface area (Å²) >= 11 is 0. The van der Waals surface area contributed by atoms with E-state index in [2.05, 4.69) is 10.3 Å². The van der Waals surface area contributed by atoms with E-state index in [0.29, 0.717) is 6.42 Å². The standard InChI is InChI=1S/C14H19BN3O2/c1-4-12-14(19)18-15(20,16-12)11-8-6-5-7-10(11)13(17-18)9(2)3/h5-9,12,16,20H,4H2,1-3H3/q-1. The summed E-state index contributed by atoms with van der Waals surface area (Å²) in [6.07, 6.45) is 0.633. The molecule has 1 amide bonds. The number of carbonyl (C=O) groups excluding carboxylic acids is 1. The number of nitrogens with zero attached hydrogens (tertiary/aromatic N) is 2. The molecule has 20 heavy (non-hydrogen) atoms. The number of hydrazone groups is 1. The normalized spacial score (nSPS) is 28.4. The van der Waals surface area contributed by atoms with Gasteiger partial charge >= 0.3 is 6.62 Å². The van der Waals surface area contributed by atoms with Crippen LogP contribution in [0.1, 0.15) is 32.8 Å². The van der Waals surface area contributed by atoms with Gasteiger partial charge in [-0.15, -0.1) is 5.46 Å². The van der Waals surface area contributed by atoms with Crippen LogP contribution in [0.3, 0.4) is 0 Å². The summed E-state index contributed by atoms with van der Waals surface area (Å²) in [6.45, 7) is 3.72. The van der Waals surface area contributed by atoms with Crippen molar-refractivity contribution in [1.29, 1.82) is 0 Å². The third kappa shape index (κ3) is 1.65. The third-order valence-corrected chi connectivity index (χ3v) is 4.15. The Labute approximate surface area is 118 Å². The molecule has 0 aliphatic carbocycles. The van der Waals surface area contributed by atoms with E-state index >= 15 is 0 Å². The highest BCUT2D eigenvalue weighted by atomic mass is 16.3. The molecule has 0 aromatic heterocycles. The molecule has 2 N–H and O–H groups in total. The summed E-state index contributed by atoms with van der Waals surface area (Å²) in [7, 11) is 0. The van der Waals surface area contributed by atoms with E-state index in [9.17, 15) is 9.82 Å². The summed E-state index contributed by atoms with van der Waals surface area (Å²) < 4.78 is 0. The first-order valence-corrected chi connectivity index (χ1v) is 7.16. The van der Waals surface area contributed by atoms with Crippen molar-refractivity contribution in [3.05, 3.63) is 29.8 Å². The molecule has 0 bridgehead atoms. The van der Waals surface area contributed by atoms with Crippen molar-refractivity contribution < 1.29 is 9.82 Å². The van der Waals surface area contributed by atoms with Gasteiger partial charge in [0.25, 0.3) is 0 Å². The maximum atomic E-state index is 12.4. The molecule has 1 aromatic carbocycles. The summed E-state index contributed by atoms with van der Waals surface area (Å²) in [6, 6.07) is 7.27. The van der Waals surface area contributed by atoms with E-state index in [-0.39, 0.29) is 17.9 Å². The molecule has 0 spiro atoms. The molecule has 2 aliphatic rings. The second-order valence-electron chi connectivity index (χ2n) is 5.81. The molecule has 0 radical (unpaired) electrons. The molecule has 2 unspecified atom stereocenters. The SMILES string of the molecule is CCC1N[B-]2(O)c3ccccc3C(C(C)C)=NN2C1=O. The van der Waals surface area contributed by atoms with Crippen LogP contribution >= 0.6 is 0 Å². The summed E-state index contributed by atoms with van der Waals surface area (Å²) in [5.74, 6) is 0.0348. The first-order chi connectivity index (χ1) is 9.49. The lowest BCUT2D eigenvalue weighted by Crippen LogP contribution is -2.69. The van der Waals surface area contributed by atoms with Gasteiger partial charge in [0.15, 0.2) is 0 Å². The highest BCUT2D eigenvalue weighted by Crippen LogP contribution is 2.25. The molecule has 1 fully saturated rings. The van der Waals surface area contributed by atoms with Crippen molar-refractivity contribution in [2.75, 3.05) is 0 Å². The Hall–Kier alpha value is -1.66. The van der Waals surface area contributed by atoms with Gasteiger partial charge in [-0.2, -0.15) is 0 Å². The molecule has 2 heterocycles. The maximum Gasteiger partial charge on any atom is 0.334 e. The van der Waals surface area contributed by atoms with Crippen LogP contribution in [0.25, 0.3) is 0 Å². The summed E-state index contributed by atoms with van der Waals surface area (Å²) in [5, 5.41) is 18.5. The largest absolute Gasteiger partial charge is 0.570 e. The zero-order chi connectivity index (χ0) is 14.5. The van der Waals surface area contributed by atoms with Crippen molar-refractivity contribution in [3.8, 4) is 0 Å². The van der Waals surface area contributed by atoms with E-state index in [1.807, 2.05) is 45.0 Å². The summed E-state index contributed by atoms with van der Waals surface area (Å²) in [4.78, 5) is 13.6. The van der Waals surface area contributed by atoms with Crippen molar-refractivity contribution in [1.82, 2.24) is 10.1 Å². The number of hydrogen-bond acceptors (Lipinski definition) is 4. The van der Waals surface area contributed by atoms with Crippen molar-refractivity contribution in [3.63, 3.8) is 0 Å². The van der Waals surface area contributed by atoms with E-state index in [1.165, 1.54) is 4.92 Å². The van der Waals surface area contributed by atoms with Crippen LogP contribution < -0.4 is 10.7 Å². The van der Waals surface area contributed by atoms with Gasteiger partial charge in [0.1, 0.15) is 0 Å². The average Bonchev–Trinajstić information content (AvgIpc) is 2.70. The number of hydrogen-bond donors (Lipinski definition) is 2. The van der Waals surface area contributed by atoms with Gasteiger partial charge in [-0.25, -0.2) is 5.10 Å². The smallest absolute Gasteiger partial charge is 0.334 e. The molecule has 6 heteroatoms. The predicted molar refractivity (Wildman–Crippen MR) is 79.5 cm³/mol. The van der Waals surface area contributed by atoms with Gasteiger partial charge in [-0.05, 0) is 17.9 Å². The lowest BCUT2D eigenvalue weighted by Gasteiger charge is -2.43. The second-order valence-corrected chi connectivity index (χ2v) is 5.81. The topological polar surface area (TPSA) is 64.9 Å². The van der Waals surface area contributed by atoms with Crippen molar-refractivity contribution >= 4 is 23.7 Å². The van der Waals surface area contributed by atoms with Crippen LogP contribution in [-0.2, 0) is 4.79 Å². The molecule has 106 valence electrons. The Morgan fingerprint density at radius 2 is 2.15 bits per heavy atom. The predicted octanol–water partition coefficient (Wildman–Crippen LogP) is 0.409. The summed E-state index contributed by atoms with van der Waals surface area (Å²) in [5.41, 5.74) is 2.54. The van der Waals surface area contributed by atoms with Gasteiger partial charge in [0.2, 0.25) is 5.91 Å². The Morgan fingerprint density at radius 1 is 1.45 bits per heavy atom. The molecular formula is C14H19BN3O2-. The van der Waals surface area contributed by atoms with Gasteiger partial charge in [-0.3, -0.25) is 4.79 Å². The second kappa shape index (κ2) is 4.43. The third-order valence-electron chi connectivity index (χ3n) is 4.15. The highest BCUT2D eigenvalue weighted by molar-refractivity contribution is 6.85. The first kappa shape index (κ1) is 13.3. The van der Waals surface area contributed by atoms with E-state index in [0.717, 1.165) is 16.7 Å². The zero-order valence-corrected chi connectivity index (χ0v) is 12.0. The van der Waals surface area contributed by atoms with Crippen LogP contribution in [0.15, 0.2) is 29.4 Å². The Balaban J connectivity index is 2.20. The van der Waals surface area contributed by atoms with Crippen LogP contribution in [0, 0.1) is 5.92 Å². The molecular weight excluding hydrogens is 253 g/mol. The van der Waals surface area contributed by atoms with Gasteiger partial charge < -0.3 is 15.2 Å². The van der Waals surface area contributed by atoms with Gasteiger partial charge in [0, 0.05) is 0 Å². The Bertz CT molecular complexity index is 602. The molecule has 0 saturated carbocycles. The van der Waals surface area contributed by atoms with Crippen LogP contribution in [0.4, 0.5) is 0 Å². The fourth-order valence-electron chi connectivity index (χ4n) is 3.09. The minimum atomic E-state index is -2.28. The molecule has 1 saturated heterocycles. The quantitative estimate of drug-likeness (QED) is 0.766. The Morgan fingerprint density at radius 3 is 2.80 bits per heavy atom. The average molecular weight is 272 g/mol. The Kier molecular flexibility index (Phi) is 2.95. The number of amides is 1. The lowest BCUT2D eigenvalue weighted by atomic mass is 9.56. The maximum absolute atomic E-state index is 12.4. The molecule has 1 aromatic rings. The first-order valence-electron chi connectivity index (χ1n) is 7.16. The number of benzene rings is 1. The number of rotatable bonds is 2. The fraction of sp³-hybridized carbons (Fsp3) is 0.429. The molecule has 2 atom stereocenters. The zero-order valence-electron chi connectivity index (χ0n) is 12.0. The van der Waals surface area contributed by atoms with E-state index in [1.54, 1.807) is 0 Å². The number of fused-ring (bicyclic) bond motifs is 3. The number of nitrogens with one attached hydrogen (secondary N) is 1. The van der Waals surface area contributed by atoms with E-state index < -0.39 is 6.62 Å². The van der Waals surface area contributed by atoms with Crippen LogP contribution in [-0.4, -0.2) is 34.2 Å². The van der Waals surface area contributed by atoms with E-state index in [4.69, 9.17) is 0 Å². The number of carbonyl (C=O) groups is 1. The van der Waals surface area contributed by atoms with Gasteiger partial charge in [-0.1, -0.05) is 45.0 Å². The van der Waals surface area contributed by atoms with Crippen LogP contribution in [0.5, 0.6) is 0 Å². The monoisotopic (exact) mass is 272 g/mol. The minimum Gasteiger partial charge on any atom is -0.570 e. The molecule has 2 aliphatic heterocycles. The lowest BCUT2D eigenvalue weighted by molar-refractivity contribution is -0.127. The van der Waals surface area contributed by atoms with Crippen LogP contribution in [0.2, 0.25) is 0 Å². The fourth-order valence-corrected chi connectivity index (χ4v) is 3.09. The highest BCUT2D eigenvalue weighted by Gasteiger charge is 2.48. The van der Waals surface area contributed by atoms with Crippen molar-refractivity contribution in [2.24, 2.45) is 11.0 Å². The molecule has 5 nitrogen and oxygen atoms in total. The molecule has 3 rings (SSSR count). The van der Waals surface area contributed by atoms with Gasteiger partial charge in [0.05, 0.1) is 11.8 Å². The van der Waals surface area contributed by atoms with Crippen molar-refractivity contribution in [2.45, 2.75) is 33.2 Å².